The molecule has 23 heavy (non-hydrogen) atoms. The van der Waals surface area contributed by atoms with Crippen LogP contribution in [0.25, 0.3) is 0 Å². The van der Waals surface area contributed by atoms with Crippen molar-refractivity contribution in [3.05, 3.63) is 0 Å². The molecule has 0 saturated heterocycles. The van der Waals surface area contributed by atoms with Gasteiger partial charge in [0.25, 0.3) is 0 Å². The van der Waals surface area contributed by atoms with E-state index >= 15 is 0 Å². The Morgan fingerprint density at radius 2 is 1.13 bits per heavy atom. The van der Waals surface area contributed by atoms with Gasteiger partial charge in [0.2, 0.25) is 0 Å². The van der Waals surface area contributed by atoms with Crippen LogP contribution in [0.4, 0.5) is 0 Å². The first-order valence-electron chi connectivity index (χ1n) is 8.67. The molecule has 0 bridgehead atoms. The monoisotopic (exact) mass is 370 g/mol. The highest BCUT2D eigenvalue weighted by Gasteiger charge is 2.02. The zero-order valence-corrected chi connectivity index (χ0v) is 15.5. The largest absolute Gasteiger partial charge is 0.397 e. The smallest absolute Gasteiger partial charge is 0.382 e. The van der Waals surface area contributed by atoms with Gasteiger partial charge in [0.05, 0.1) is 6.61 Å². The van der Waals surface area contributed by atoms with Crippen LogP contribution in [0.1, 0.15) is 85.0 Å². The molecule has 0 spiro atoms. The lowest BCUT2D eigenvalue weighted by molar-refractivity contribution is 0.162. The molecule has 5 nitrogen and oxygen atoms in total. The molecule has 0 aliphatic carbocycles. The SMILES string of the molecule is CCCCCCCCCCCCOS(=O)(=O)O.CCOCC.[AlH3]. The summed E-state index contributed by atoms with van der Waals surface area (Å²) in [6.45, 7) is 7.98. The molecule has 142 valence electrons. The highest BCUT2D eigenvalue weighted by molar-refractivity contribution is 7.80. The fourth-order valence-electron chi connectivity index (χ4n) is 1.96. The van der Waals surface area contributed by atoms with E-state index in [0.717, 1.165) is 26.1 Å². The van der Waals surface area contributed by atoms with Gasteiger partial charge in [-0.3, -0.25) is 4.55 Å². The molecule has 0 radical (unpaired) electrons. The van der Waals surface area contributed by atoms with Crippen molar-refractivity contribution in [1.29, 1.82) is 0 Å². The molecule has 1 N–H and O–H groups in total. The van der Waals surface area contributed by atoms with Gasteiger partial charge < -0.3 is 4.74 Å². The van der Waals surface area contributed by atoms with Crippen molar-refractivity contribution in [2.24, 2.45) is 0 Å². The minimum absolute atomic E-state index is 0. The zero-order chi connectivity index (χ0) is 17.1. The van der Waals surface area contributed by atoms with E-state index < -0.39 is 10.4 Å². The molecule has 0 aliphatic rings. The summed E-state index contributed by atoms with van der Waals surface area (Å²) in [5.74, 6) is 0. The minimum atomic E-state index is -4.23. The molecular weight excluding hydrogens is 331 g/mol. The Labute approximate surface area is 154 Å². The van der Waals surface area contributed by atoms with Gasteiger partial charge in [0, 0.05) is 13.2 Å². The third-order valence-electron chi connectivity index (χ3n) is 3.14. The van der Waals surface area contributed by atoms with Crippen LogP contribution in [0.2, 0.25) is 0 Å². The first-order valence-corrected chi connectivity index (χ1v) is 10.0. The van der Waals surface area contributed by atoms with Crippen LogP contribution in [0.15, 0.2) is 0 Å². The highest BCUT2D eigenvalue weighted by Crippen LogP contribution is 2.10. The van der Waals surface area contributed by atoms with Gasteiger partial charge in [0.15, 0.2) is 17.4 Å². The van der Waals surface area contributed by atoms with Crippen LogP contribution in [0.3, 0.4) is 0 Å². The lowest BCUT2D eigenvalue weighted by Gasteiger charge is -2.02. The van der Waals surface area contributed by atoms with Crippen molar-refractivity contribution in [3.63, 3.8) is 0 Å². The molecule has 0 saturated carbocycles. The van der Waals surface area contributed by atoms with Gasteiger partial charge in [-0.15, -0.1) is 0 Å². The Morgan fingerprint density at radius 3 is 1.43 bits per heavy atom. The van der Waals surface area contributed by atoms with Crippen LogP contribution >= 0.6 is 0 Å². The van der Waals surface area contributed by atoms with Crippen molar-refractivity contribution in [3.8, 4) is 0 Å². The summed E-state index contributed by atoms with van der Waals surface area (Å²) in [7, 11) is -4.23. The molecule has 7 heteroatoms. The molecule has 0 aromatic heterocycles. The quantitative estimate of drug-likeness (QED) is 0.287. The summed E-state index contributed by atoms with van der Waals surface area (Å²) in [5.41, 5.74) is 0. The van der Waals surface area contributed by atoms with Gasteiger partial charge in [-0.05, 0) is 20.3 Å². The standard InChI is InChI=1S/C12H26O4S.C4H10O.Al.3H/c1-2-3-4-5-6-7-8-9-10-11-12-16-17(13,14)15;1-3-5-4-2;;;;/h2-12H2,1H3,(H,13,14,15);3-4H2,1-2H3;;;;. The summed E-state index contributed by atoms with van der Waals surface area (Å²) in [5, 5.41) is 0. The molecule has 0 aromatic rings. The average molecular weight is 371 g/mol. The van der Waals surface area contributed by atoms with Crippen molar-refractivity contribution in [2.45, 2.75) is 85.0 Å². The lowest BCUT2D eigenvalue weighted by atomic mass is 10.1. The summed E-state index contributed by atoms with van der Waals surface area (Å²) < 4.78 is 37.8. The molecule has 0 atom stereocenters. The van der Waals surface area contributed by atoms with E-state index in [1.165, 1.54) is 44.9 Å². The van der Waals surface area contributed by atoms with E-state index in [4.69, 9.17) is 9.29 Å². The Hall–Kier alpha value is 0.362. The molecule has 0 aliphatic heterocycles. The van der Waals surface area contributed by atoms with Gasteiger partial charge >= 0.3 is 10.4 Å². The third kappa shape index (κ3) is 34.6. The number of rotatable bonds is 14. The Morgan fingerprint density at radius 1 is 0.739 bits per heavy atom. The van der Waals surface area contributed by atoms with E-state index in [-0.39, 0.29) is 24.0 Å². The number of hydrogen-bond acceptors (Lipinski definition) is 4. The van der Waals surface area contributed by atoms with Crippen molar-refractivity contribution >= 4 is 27.8 Å². The van der Waals surface area contributed by atoms with E-state index in [9.17, 15) is 8.42 Å². The molecule has 0 heterocycles. The van der Waals surface area contributed by atoms with Crippen LogP contribution in [0, 0.1) is 0 Å². The van der Waals surface area contributed by atoms with Gasteiger partial charge in [-0.2, -0.15) is 8.42 Å². The van der Waals surface area contributed by atoms with Gasteiger partial charge in [0.1, 0.15) is 0 Å². The van der Waals surface area contributed by atoms with E-state index in [2.05, 4.69) is 11.1 Å². The maximum Gasteiger partial charge on any atom is 0.397 e. The van der Waals surface area contributed by atoms with E-state index in [0.29, 0.717) is 6.42 Å². The van der Waals surface area contributed by atoms with Gasteiger partial charge in [-0.25, -0.2) is 4.18 Å². The summed E-state index contributed by atoms with van der Waals surface area (Å²) in [6, 6.07) is 0. The second-order valence-corrected chi connectivity index (χ2v) is 6.30. The maximum atomic E-state index is 10.2. The van der Waals surface area contributed by atoms with Crippen LogP contribution in [-0.4, -0.2) is 50.2 Å². The first kappa shape index (κ1) is 28.2. The number of hydrogen-bond donors (Lipinski definition) is 1. The van der Waals surface area contributed by atoms with Crippen molar-refractivity contribution < 1.29 is 21.9 Å². The van der Waals surface area contributed by atoms with Crippen LogP contribution < -0.4 is 0 Å². The fourth-order valence-corrected chi connectivity index (χ4v) is 2.29. The molecule has 0 amide bonds. The van der Waals surface area contributed by atoms with E-state index in [1.807, 2.05) is 13.8 Å². The molecule has 0 aromatic carbocycles. The highest BCUT2D eigenvalue weighted by atomic mass is 32.3. The summed E-state index contributed by atoms with van der Waals surface area (Å²) >= 11 is 0. The summed E-state index contributed by atoms with van der Waals surface area (Å²) in [4.78, 5) is 0. The number of ether oxygens (including phenoxy) is 1. The fraction of sp³-hybridized carbons (Fsp3) is 1.00. The topological polar surface area (TPSA) is 72.8 Å². The molecule has 0 fully saturated rings. The zero-order valence-electron chi connectivity index (χ0n) is 14.7. The summed E-state index contributed by atoms with van der Waals surface area (Å²) in [6.07, 6.45) is 11.9. The normalized spacial score (nSPS) is 10.6. The van der Waals surface area contributed by atoms with Crippen molar-refractivity contribution in [1.82, 2.24) is 0 Å². The van der Waals surface area contributed by atoms with Crippen LogP contribution in [0.5, 0.6) is 0 Å². The van der Waals surface area contributed by atoms with E-state index in [1.54, 1.807) is 0 Å². The first-order chi connectivity index (χ1) is 10.5. The molecule has 0 unspecified atom stereocenters. The second kappa shape index (κ2) is 22.4. The Balaban J connectivity index is -0.000000578. The lowest BCUT2D eigenvalue weighted by Crippen LogP contribution is -2.04. The minimum Gasteiger partial charge on any atom is -0.382 e. The Bertz CT molecular complexity index is 295. The Kier molecular flexibility index (Phi) is 27.4. The second-order valence-electron chi connectivity index (χ2n) is 5.21. The average Bonchev–Trinajstić information content (AvgIpc) is 2.45. The predicted molar refractivity (Wildman–Crippen MR) is 101 cm³/mol. The molecule has 0 rings (SSSR count). The third-order valence-corrected chi connectivity index (χ3v) is 3.60. The maximum absolute atomic E-state index is 10.2. The molecular formula is C16H39AlO5S. The predicted octanol–water partition coefficient (Wildman–Crippen LogP) is 3.59. The van der Waals surface area contributed by atoms with Crippen LogP contribution in [-0.2, 0) is 19.3 Å². The van der Waals surface area contributed by atoms with Crippen molar-refractivity contribution in [2.75, 3.05) is 19.8 Å². The van der Waals surface area contributed by atoms with Gasteiger partial charge in [-0.1, -0.05) is 64.7 Å². The number of unbranched alkanes of at least 4 members (excludes halogenated alkanes) is 9.